The molecule has 0 heterocycles. The van der Waals surface area contributed by atoms with Gasteiger partial charge in [-0.05, 0) is 24.3 Å². The summed E-state index contributed by atoms with van der Waals surface area (Å²) in [7, 11) is 3.24. The lowest BCUT2D eigenvalue weighted by molar-refractivity contribution is -0.384. The van der Waals surface area contributed by atoms with E-state index in [2.05, 4.69) is 5.32 Å². The van der Waals surface area contributed by atoms with Gasteiger partial charge in [-0.25, -0.2) is 0 Å². The molecule has 0 radical (unpaired) electrons. The highest BCUT2D eigenvalue weighted by Gasteiger charge is 2.16. The van der Waals surface area contributed by atoms with E-state index in [0.717, 1.165) is 0 Å². The second-order valence-electron chi connectivity index (χ2n) is 5.00. The van der Waals surface area contributed by atoms with Gasteiger partial charge in [0.1, 0.15) is 0 Å². The van der Waals surface area contributed by atoms with Crippen LogP contribution in [0.3, 0.4) is 0 Å². The molecule has 7 heteroatoms. The summed E-state index contributed by atoms with van der Waals surface area (Å²) < 4.78 is 0. The van der Waals surface area contributed by atoms with Crippen LogP contribution in [0.15, 0.2) is 48.5 Å². The molecule has 0 aromatic heterocycles. The van der Waals surface area contributed by atoms with Crippen molar-refractivity contribution >= 4 is 23.2 Å². The van der Waals surface area contributed by atoms with Crippen molar-refractivity contribution in [3.05, 3.63) is 69.8 Å². The lowest BCUT2D eigenvalue weighted by Gasteiger charge is -2.14. The zero-order valence-electron chi connectivity index (χ0n) is 12.6. The predicted molar refractivity (Wildman–Crippen MR) is 85.5 cm³/mol. The van der Waals surface area contributed by atoms with Crippen molar-refractivity contribution in [1.82, 2.24) is 4.90 Å². The number of nitro benzene ring substituents is 1. The average Bonchev–Trinajstić information content (AvgIpc) is 2.54. The van der Waals surface area contributed by atoms with Crippen LogP contribution in [0.1, 0.15) is 20.7 Å². The molecule has 0 aliphatic carbocycles. The van der Waals surface area contributed by atoms with Crippen LogP contribution in [0.2, 0.25) is 0 Å². The van der Waals surface area contributed by atoms with Gasteiger partial charge in [-0.15, -0.1) is 0 Å². The fourth-order valence-corrected chi connectivity index (χ4v) is 1.95. The summed E-state index contributed by atoms with van der Waals surface area (Å²) in [6.45, 7) is 0. The molecular weight excluding hydrogens is 298 g/mol. The number of amides is 2. The summed E-state index contributed by atoms with van der Waals surface area (Å²) in [5, 5.41) is 13.3. The summed E-state index contributed by atoms with van der Waals surface area (Å²) in [6, 6.07) is 11.9. The van der Waals surface area contributed by atoms with E-state index in [1.54, 1.807) is 38.4 Å². The Kier molecular flexibility index (Phi) is 4.70. The average molecular weight is 313 g/mol. The Hall–Kier alpha value is -3.22. The normalized spacial score (nSPS) is 10.0. The molecule has 0 aliphatic heterocycles. The third-order valence-electron chi connectivity index (χ3n) is 3.15. The number of non-ortho nitro benzene ring substituents is 1. The molecule has 0 aliphatic rings. The number of carbonyl (C=O) groups is 2. The third-order valence-corrected chi connectivity index (χ3v) is 3.15. The van der Waals surface area contributed by atoms with Gasteiger partial charge in [0, 0.05) is 31.8 Å². The fraction of sp³-hybridized carbons (Fsp3) is 0.125. The Bertz CT molecular complexity index is 754. The molecule has 0 saturated carbocycles. The lowest BCUT2D eigenvalue weighted by Crippen LogP contribution is -2.24. The van der Waals surface area contributed by atoms with E-state index >= 15 is 0 Å². The van der Waals surface area contributed by atoms with Gasteiger partial charge in [-0.2, -0.15) is 0 Å². The van der Waals surface area contributed by atoms with Crippen LogP contribution in [0.4, 0.5) is 11.4 Å². The van der Waals surface area contributed by atoms with Crippen molar-refractivity contribution in [3.63, 3.8) is 0 Å². The zero-order chi connectivity index (χ0) is 17.0. The number of hydrogen-bond acceptors (Lipinski definition) is 4. The molecule has 7 nitrogen and oxygen atoms in total. The number of hydrogen-bond donors (Lipinski definition) is 1. The maximum absolute atomic E-state index is 12.2. The first-order valence-electron chi connectivity index (χ1n) is 6.76. The molecule has 0 spiro atoms. The zero-order valence-corrected chi connectivity index (χ0v) is 12.6. The van der Waals surface area contributed by atoms with Crippen LogP contribution in [-0.2, 0) is 0 Å². The van der Waals surface area contributed by atoms with Gasteiger partial charge in [0.15, 0.2) is 0 Å². The van der Waals surface area contributed by atoms with Crippen molar-refractivity contribution in [3.8, 4) is 0 Å². The Morgan fingerprint density at radius 1 is 1.04 bits per heavy atom. The maximum atomic E-state index is 12.2. The van der Waals surface area contributed by atoms with Crippen LogP contribution in [0, 0.1) is 10.1 Å². The largest absolute Gasteiger partial charge is 0.345 e. The molecular formula is C16H15N3O4. The van der Waals surface area contributed by atoms with Gasteiger partial charge >= 0.3 is 0 Å². The van der Waals surface area contributed by atoms with Crippen molar-refractivity contribution in [2.24, 2.45) is 0 Å². The Balaban J connectivity index is 2.24. The van der Waals surface area contributed by atoms with Crippen LogP contribution in [0.25, 0.3) is 0 Å². The lowest BCUT2D eigenvalue weighted by atomic mass is 10.1. The molecule has 2 aromatic carbocycles. The smallest absolute Gasteiger partial charge is 0.269 e. The summed E-state index contributed by atoms with van der Waals surface area (Å²) in [5.74, 6) is -0.677. The highest BCUT2D eigenvalue weighted by atomic mass is 16.6. The first kappa shape index (κ1) is 16.2. The molecule has 0 unspecified atom stereocenters. The number of benzene rings is 2. The molecule has 2 aromatic rings. The Morgan fingerprint density at radius 2 is 1.65 bits per heavy atom. The molecule has 0 fully saturated rings. The minimum atomic E-state index is -0.535. The van der Waals surface area contributed by atoms with Crippen molar-refractivity contribution < 1.29 is 14.5 Å². The highest BCUT2D eigenvalue weighted by Crippen LogP contribution is 2.18. The first-order valence-corrected chi connectivity index (χ1v) is 6.76. The van der Waals surface area contributed by atoms with Gasteiger partial charge < -0.3 is 10.2 Å². The second-order valence-corrected chi connectivity index (χ2v) is 5.00. The number of para-hydroxylation sites is 1. The van der Waals surface area contributed by atoms with E-state index in [0.29, 0.717) is 11.3 Å². The van der Waals surface area contributed by atoms with Gasteiger partial charge in [0.05, 0.1) is 16.2 Å². The SMILES string of the molecule is CN(C)C(=O)c1ccccc1NC(=O)c1ccc([N+](=O)[O-])cc1. The molecule has 118 valence electrons. The number of nitrogens with zero attached hydrogens (tertiary/aromatic N) is 2. The van der Waals surface area contributed by atoms with Gasteiger partial charge in [0.25, 0.3) is 17.5 Å². The van der Waals surface area contributed by atoms with Crippen molar-refractivity contribution in [2.75, 3.05) is 19.4 Å². The Morgan fingerprint density at radius 3 is 2.22 bits per heavy atom. The number of carbonyl (C=O) groups excluding carboxylic acids is 2. The van der Waals surface area contributed by atoms with E-state index in [9.17, 15) is 19.7 Å². The summed E-state index contributed by atoms with van der Waals surface area (Å²) >= 11 is 0. The number of anilines is 1. The van der Waals surface area contributed by atoms with Crippen molar-refractivity contribution in [2.45, 2.75) is 0 Å². The Labute approximate surface area is 132 Å². The molecule has 23 heavy (non-hydrogen) atoms. The van der Waals surface area contributed by atoms with Crippen LogP contribution >= 0.6 is 0 Å². The number of nitro groups is 1. The first-order chi connectivity index (χ1) is 10.9. The summed E-state index contributed by atoms with van der Waals surface area (Å²) in [6.07, 6.45) is 0. The standard InChI is InChI=1S/C16H15N3O4/c1-18(2)16(21)13-5-3-4-6-14(13)17-15(20)11-7-9-12(10-8-11)19(22)23/h3-10H,1-2H3,(H,17,20). The molecule has 1 N–H and O–H groups in total. The fourth-order valence-electron chi connectivity index (χ4n) is 1.95. The summed E-state index contributed by atoms with van der Waals surface area (Å²) in [5.41, 5.74) is 0.926. The van der Waals surface area contributed by atoms with E-state index in [4.69, 9.17) is 0 Å². The van der Waals surface area contributed by atoms with E-state index < -0.39 is 10.8 Å². The van der Waals surface area contributed by atoms with E-state index in [1.807, 2.05) is 0 Å². The maximum Gasteiger partial charge on any atom is 0.269 e. The van der Waals surface area contributed by atoms with Gasteiger partial charge in [-0.1, -0.05) is 12.1 Å². The predicted octanol–water partition coefficient (Wildman–Crippen LogP) is 2.55. The number of nitrogens with one attached hydrogen (secondary N) is 1. The minimum absolute atomic E-state index is 0.0928. The second kappa shape index (κ2) is 6.69. The number of rotatable bonds is 4. The monoisotopic (exact) mass is 313 g/mol. The van der Waals surface area contributed by atoms with E-state index in [-0.39, 0.29) is 17.2 Å². The topological polar surface area (TPSA) is 92.6 Å². The van der Waals surface area contributed by atoms with Crippen LogP contribution in [0.5, 0.6) is 0 Å². The molecule has 0 saturated heterocycles. The highest BCUT2D eigenvalue weighted by molar-refractivity contribution is 6.08. The molecule has 2 amide bonds. The van der Waals surface area contributed by atoms with Crippen LogP contribution < -0.4 is 5.32 Å². The summed E-state index contributed by atoms with van der Waals surface area (Å²) in [4.78, 5) is 35.8. The molecule has 0 bridgehead atoms. The van der Waals surface area contributed by atoms with E-state index in [1.165, 1.54) is 29.2 Å². The van der Waals surface area contributed by atoms with Crippen molar-refractivity contribution in [1.29, 1.82) is 0 Å². The minimum Gasteiger partial charge on any atom is -0.345 e. The molecule has 2 rings (SSSR count). The van der Waals surface area contributed by atoms with Crippen LogP contribution in [-0.4, -0.2) is 35.7 Å². The van der Waals surface area contributed by atoms with Gasteiger partial charge in [0.2, 0.25) is 0 Å². The molecule has 0 atom stereocenters. The van der Waals surface area contributed by atoms with Gasteiger partial charge in [-0.3, -0.25) is 19.7 Å². The third kappa shape index (κ3) is 3.70. The quantitative estimate of drug-likeness (QED) is 0.693.